The molecule has 0 saturated carbocycles. The normalized spacial score (nSPS) is 27.9. The molecule has 1 amide bonds. The first-order valence-electron chi connectivity index (χ1n) is 6.03. The summed E-state index contributed by atoms with van der Waals surface area (Å²) in [7, 11) is 0. The highest BCUT2D eigenvalue weighted by atomic mass is 79.9. The number of fused-ring (bicyclic) bond motifs is 1. The molecule has 2 heterocycles. The van der Waals surface area contributed by atoms with Crippen molar-refractivity contribution in [1.82, 2.24) is 10.6 Å². The Kier molecular flexibility index (Phi) is 3.23. The minimum atomic E-state index is 0.171. The molecule has 0 radical (unpaired) electrons. The topological polar surface area (TPSA) is 41.1 Å². The molecule has 92 valence electrons. The van der Waals surface area contributed by atoms with E-state index >= 15 is 0 Å². The molecular weight excluding hydrogens is 300 g/mol. The molecule has 17 heavy (non-hydrogen) atoms. The smallest absolute Gasteiger partial charge is 0.221 e. The van der Waals surface area contributed by atoms with Crippen molar-refractivity contribution < 1.29 is 4.79 Å². The van der Waals surface area contributed by atoms with Crippen molar-refractivity contribution in [2.45, 2.75) is 37.8 Å². The second-order valence-electron chi connectivity index (χ2n) is 4.75. The van der Waals surface area contributed by atoms with E-state index in [9.17, 15) is 4.79 Å². The fourth-order valence-electron chi connectivity index (χ4n) is 2.70. The largest absolute Gasteiger partial charge is 0.354 e. The molecule has 1 fully saturated rings. The standard InChI is InChI=1S/C12H15BrN2OS/c13-11-5-8-9(2-1-3-10(8)17-11)15-7-4-12(16)14-6-7/h5,7,9,15H,1-4,6H2,(H,14,16). The second-order valence-corrected chi connectivity index (χ2v) is 7.26. The van der Waals surface area contributed by atoms with Gasteiger partial charge in [-0.3, -0.25) is 4.79 Å². The molecule has 1 aliphatic heterocycles. The number of halogens is 1. The summed E-state index contributed by atoms with van der Waals surface area (Å²) in [5, 5.41) is 6.50. The van der Waals surface area contributed by atoms with E-state index in [1.807, 2.05) is 11.3 Å². The number of thiophene rings is 1. The molecule has 5 heteroatoms. The fraction of sp³-hybridized carbons (Fsp3) is 0.583. The van der Waals surface area contributed by atoms with Crippen molar-refractivity contribution in [3.63, 3.8) is 0 Å². The fourth-order valence-corrected chi connectivity index (χ4v) is 4.52. The van der Waals surface area contributed by atoms with E-state index in [1.165, 1.54) is 33.5 Å². The van der Waals surface area contributed by atoms with Crippen LogP contribution in [0.1, 0.15) is 35.7 Å². The number of carbonyl (C=O) groups excluding carboxylic acids is 1. The minimum absolute atomic E-state index is 0.171. The predicted molar refractivity (Wildman–Crippen MR) is 72.2 cm³/mol. The van der Waals surface area contributed by atoms with Crippen molar-refractivity contribution in [3.8, 4) is 0 Å². The summed E-state index contributed by atoms with van der Waals surface area (Å²) in [5.74, 6) is 0.171. The van der Waals surface area contributed by atoms with Crippen LogP contribution in [0.15, 0.2) is 9.85 Å². The van der Waals surface area contributed by atoms with Gasteiger partial charge in [-0.15, -0.1) is 11.3 Å². The van der Waals surface area contributed by atoms with Gasteiger partial charge in [0, 0.05) is 29.9 Å². The number of rotatable bonds is 2. The van der Waals surface area contributed by atoms with Crippen LogP contribution in [-0.2, 0) is 11.2 Å². The second kappa shape index (κ2) is 4.71. The van der Waals surface area contributed by atoms with Crippen molar-refractivity contribution in [2.75, 3.05) is 6.54 Å². The summed E-state index contributed by atoms with van der Waals surface area (Å²) in [6.45, 7) is 0.774. The SMILES string of the molecule is O=C1CC(NC2CCCc3sc(Br)cc32)CN1. The predicted octanol–water partition coefficient (Wildman–Crippen LogP) is 2.37. The van der Waals surface area contributed by atoms with Gasteiger partial charge in [0.2, 0.25) is 5.91 Å². The van der Waals surface area contributed by atoms with Crippen molar-refractivity contribution in [2.24, 2.45) is 0 Å². The zero-order valence-electron chi connectivity index (χ0n) is 9.46. The van der Waals surface area contributed by atoms with Crippen molar-refractivity contribution in [3.05, 3.63) is 20.3 Å². The van der Waals surface area contributed by atoms with E-state index in [0.717, 1.165) is 6.54 Å². The van der Waals surface area contributed by atoms with Crippen molar-refractivity contribution >= 4 is 33.2 Å². The quantitative estimate of drug-likeness (QED) is 0.880. The monoisotopic (exact) mass is 314 g/mol. The first kappa shape index (κ1) is 11.7. The van der Waals surface area contributed by atoms with Gasteiger partial charge in [-0.25, -0.2) is 0 Å². The summed E-state index contributed by atoms with van der Waals surface area (Å²) >= 11 is 5.41. The van der Waals surface area contributed by atoms with Crippen LogP contribution in [0.5, 0.6) is 0 Å². The van der Waals surface area contributed by atoms with Gasteiger partial charge in [0.1, 0.15) is 0 Å². The average Bonchev–Trinajstić information content (AvgIpc) is 2.84. The van der Waals surface area contributed by atoms with Gasteiger partial charge >= 0.3 is 0 Å². The summed E-state index contributed by atoms with van der Waals surface area (Å²) < 4.78 is 1.22. The number of nitrogens with one attached hydrogen (secondary N) is 2. The summed E-state index contributed by atoms with van der Waals surface area (Å²) in [4.78, 5) is 12.7. The van der Waals surface area contributed by atoms with Crippen LogP contribution < -0.4 is 10.6 Å². The summed E-state index contributed by atoms with van der Waals surface area (Å²) in [6.07, 6.45) is 4.25. The molecule has 3 rings (SSSR count). The lowest BCUT2D eigenvalue weighted by molar-refractivity contribution is -0.119. The lowest BCUT2D eigenvalue weighted by Crippen LogP contribution is -2.35. The van der Waals surface area contributed by atoms with Gasteiger partial charge in [-0.2, -0.15) is 0 Å². The third-order valence-electron chi connectivity index (χ3n) is 3.50. The Morgan fingerprint density at radius 2 is 2.41 bits per heavy atom. The Morgan fingerprint density at radius 1 is 1.53 bits per heavy atom. The number of hydrogen-bond acceptors (Lipinski definition) is 3. The third kappa shape index (κ3) is 2.41. The Labute approximate surface area is 113 Å². The maximum Gasteiger partial charge on any atom is 0.221 e. The van der Waals surface area contributed by atoms with Gasteiger partial charge in [0.15, 0.2) is 0 Å². The number of amides is 1. The lowest BCUT2D eigenvalue weighted by Gasteiger charge is -2.26. The maximum atomic E-state index is 11.2. The Bertz CT molecular complexity index is 446. The van der Waals surface area contributed by atoms with Crippen LogP contribution in [0.3, 0.4) is 0 Å². The zero-order valence-corrected chi connectivity index (χ0v) is 11.9. The molecule has 0 spiro atoms. The molecule has 2 aliphatic rings. The van der Waals surface area contributed by atoms with Gasteiger partial charge in [0.05, 0.1) is 3.79 Å². The molecule has 2 N–H and O–H groups in total. The molecule has 0 bridgehead atoms. The Hall–Kier alpha value is -0.390. The van der Waals surface area contributed by atoms with E-state index in [0.29, 0.717) is 18.5 Å². The maximum absolute atomic E-state index is 11.2. The Morgan fingerprint density at radius 3 is 3.18 bits per heavy atom. The van der Waals surface area contributed by atoms with Crippen LogP contribution in [0.2, 0.25) is 0 Å². The van der Waals surface area contributed by atoms with E-state index in [1.54, 1.807) is 0 Å². The van der Waals surface area contributed by atoms with E-state index in [-0.39, 0.29) is 5.91 Å². The third-order valence-corrected chi connectivity index (χ3v) is 5.21. The molecular formula is C12H15BrN2OS. The molecule has 3 nitrogen and oxygen atoms in total. The van der Waals surface area contributed by atoms with Gasteiger partial charge < -0.3 is 10.6 Å². The minimum Gasteiger partial charge on any atom is -0.354 e. The number of aryl methyl sites for hydroxylation is 1. The molecule has 0 aromatic carbocycles. The van der Waals surface area contributed by atoms with E-state index in [4.69, 9.17) is 0 Å². The highest BCUT2D eigenvalue weighted by molar-refractivity contribution is 9.11. The molecule has 2 unspecified atom stereocenters. The number of carbonyl (C=O) groups is 1. The zero-order chi connectivity index (χ0) is 11.8. The Balaban J connectivity index is 1.74. The van der Waals surface area contributed by atoms with Crippen LogP contribution >= 0.6 is 27.3 Å². The first-order valence-corrected chi connectivity index (χ1v) is 7.64. The average molecular weight is 315 g/mol. The highest BCUT2D eigenvalue weighted by Crippen LogP contribution is 2.38. The molecule has 1 aromatic heterocycles. The van der Waals surface area contributed by atoms with Crippen LogP contribution in [-0.4, -0.2) is 18.5 Å². The highest BCUT2D eigenvalue weighted by Gasteiger charge is 2.28. The van der Waals surface area contributed by atoms with Gasteiger partial charge in [-0.05, 0) is 46.8 Å². The molecule has 1 aromatic rings. The molecule has 1 saturated heterocycles. The van der Waals surface area contributed by atoms with Crippen LogP contribution in [0.4, 0.5) is 0 Å². The van der Waals surface area contributed by atoms with Crippen molar-refractivity contribution in [1.29, 1.82) is 0 Å². The molecule has 1 aliphatic carbocycles. The van der Waals surface area contributed by atoms with Gasteiger partial charge in [-0.1, -0.05) is 0 Å². The van der Waals surface area contributed by atoms with E-state index < -0.39 is 0 Å². The first-order chi connectivity index (χ1) is 8.22. The number of hydrogen-bond donors (Lipinski definition) is 2. The lowest BCUT2D eigenvalue weighted by atomic mass is 9.93. The molecule has 2 atom stereocenters. The van der Waals surface area contributed by atoms with Gasteiger partial charge in [0.25, 0.3) is 0 Å². The summed E-state index contributed by atoms with van der Waals surface area (Å²) in [5.41, 5.74) is 1.44. The van der Waals surface area contributed by atoms with Crippen LogP contribution in [0, 0.1) is 0 Å². The summed E-state index contributed by atoms with van der Waals surface area (Å²) in [6, 6.07) is 2.97. The van der Waals surface area contributed by atoms with Crippen LogP contribution in [0.25, 0.3) is 0 Å². The van der Waals surface area contributed by atoms with E-state index in [2.05, 4.69) is 32.6 Å².